The molecule has 0 aliphatic heterocycles. The molecule has 0 saturated heterocycles. The molecule has 132 valence electrons. The van der Waals surface area contributed by atoms with Gasteiger partial charge >= 0.3 is 0 Å². The van der Waals surface area contributed by atoms with Gasteiger partial charge in [0, 0.05) is 22.0 Å². The normalized spacial score (nSPS) is 11.0. The standard InChI is InChI=1S/C12H13N2O2P.C6H15N/c13-9-3-1-5-11(7-9)17(15,16)12-6-2-4-10(14)8-12;1-4-7(5-2)6-3/h1-8H,13-14H2,(H,15,16);4-6H2,1-3H3. The second-order valence-corrected chi connectivity index (χ2v) is 7.69. The number of nitrogen functional groups attached to an aromatic ring is 2. The van der Waals surface area contributed by atoms with Gasteiger partial charge in [0.15, 0.2) is 0 Å². The van der Waals surface area contributed by atoms with Gasteiger partial charge in [0.25, 0.3) is 0 Å². The molecule has 6 heteroatoms. The van der Waals surface area contributed by atoms with Crippen molar-refractivity contribution in [2.24, 2.45) is 0 Å². The molecule has 5 N–H and O–H groups in total. The molecular formula is C18H28N3O2P. The van der Waals surface area contributed by atoms with Crippen molar-refractivity contribution in [1.82, 2.24) is 0 Å². The van der Waals surface area contributed by atoms with Gasteiger partial charge in [-0.15, -0.1) is 0 Å². The molecule has 24 heavy (non-hydrogen) atoms. The molecule has 0 radical (unpaired) electrons. The summed E-state index contributed by atoms with van der Waals surface area (Å²) in [6.07, 6.45) is 0. The minimum Gasteiger partial charge on any atom is -0.793 e. The minimum atomic E-state index is -3.86. The first-order valence-corrected chi connectivity index (χ1v) is 9.84. The quantitative estimate of drug-likeness (QED) is 0.537. The Balaban J connectivity index is 0.000000351. The predicted octanol–water partition coefficient (Wildman–Crippen LogP) is 0.371. The van der Waals surface area contributed by atoms with E-state index in [0.29, 0.717) is 11.4 Å². The predicted molar refractivity (Wildman–Crippen MR) is 101 cm³/mol. The van der Waals surface area contributed by atoms with Crippen molar-refractivity contribution in [2.45, 2.75) is 20.8 Å². The fourth-order valence-corrected chi connectivity index (χ4v) is 3.82. The monoisotopic (exact) mass is 349 g/mol. The summed E-state index contributed by atoms with van der Waals surface area (Å²) in [6, 6.07) is 12.4. The highest BCUT2D eigenvalue weighted by atomic mass is 31.2. The topological polar surface area (TPSA) is 96.6 Å². The number of nitrogens with two attached hydrogens (primary N) is 2. The van der Waals surface area contributed by atoms with Crippen molar-refractivity contribution in [3.63, 3.8) is 0 Å². The van der Waals surface area contributed by atoms with Crippen molar-refractivity contribution in [3.8, 4) is 0 Å². The maximum absolute atomic E-state index is 12.3. The third-order valence-electron chi connectivity index (χ3n) is 3.92. The van der Waals surface area contributed by atoms with Gasteiger partial charge in [-0.1, -0.05) is 24.3 Å². The van der Waals surface area contributed by atoms with Crippen molar-refractivity contribution >= 4 is 29.4 Å². The molecule has 0 heterocycles. The molecule has 0 atom stereocenters. The molecule has 0 fully saturated rings. The Morgan fingerprint density at radius 1 is 0.875 bits per heavy atom. The van der Waals surface area contributed by atoms with Crippen LogP contribution in [0.1, 0.15) is 20.8 Å². The molecule has 2 aromatic rings. The number of quaternary nitrogens is 1. The number of hydrogen-bond acceptors (Lipinski definition) is 4. The summed E-state index contributed by atoms with van der Waals surface area (Å²) in [5, 5.41) is 0.395. The molecule has 0 aliphatic carbocycles. The van der Waals surface area contributed by atoms with Crippen molar-refractivity contribution in [2.75, 3.05) is 31.1 Å². The van der Waals surface area contributed by atoms with Crippen LogP contribution in [0.5, 0.6) is 0 Å². The third-order valence-corrected chi connectivity index (χ3v) is 5.84. The highest BCUT2D eigenvalue weighted by molar-refractivity contribution is 7.72. The van der Waals surface area contributed by atoms with E-state index < -0.39 is 7.37 Å². The molecule has 0 saturated carbocycles. The first-order chi connectivity index (χ1) is 11.3. The zero-order chi connectivity index (χ0) is 18.2. The van der Waals surface area contributed by atoms with Crippen LogP contribution in [0.3, 0.4) is 0 Å². The summed E-state index contributed by atoms with van der Waals surface area (Å²) in [5.74, 6) is 0. The Morgan fingerprint density at radius 3 is 1.50 bits per heavy atom. The van der Waals surface area contributed by atoms with Crippen LogP contribution in [-0.2, 0) is 4.57 Å². The van der Waals surface area contributed by atoms with E-state index in [-0.39, 0.29) is 10.6 Å². The summed E-state index contributed by atoms with van der Waals surface area (Å²) >= 11 is 0. The maximum atomic E-state index is 12.3. The molecule has 5 nitrogen and oxygen atoms in total. The molecule has 0 aromatic heterocycles. The van der Waals surface area contributed by atoms with E-state index in [0.717, 1.165) is 0 Å². The lowest BCUT2D eigenvalue weighted by atomic mass is 10.3. The van der Waals surface area contributed by atoms with Gasteiger partial charge in [0.05, 0.1) is 27.0 Å². The Hall–Kier alpha value is -1.81. The van der Waals surface area contributed by atoms with Crippen LogP contribution in [0.25, 0.3) is 0 Å². The first kappa shape index (κ1) is 20.2. The van der Waals surface area contributed by atoms with Crippen molar-refractivity contribution < 1.29 is 14.4 Å². The molecule has 0 aliphatic rings. The summed E-state index contributed by atoms with van der Waals surface area (Å²) in [5.41, 5.74) is 12.0. The van der Waals surface area contributed by atoms with E-state index in [9.17, 15) is 9.46 Å². The van der Waals surface area contributed by atoms with Gasteiger partial charge in [-0.3, -0.25) is 0 Å². The Kier molecular flexibility index (Phi) is 7.99. The van der Waals surface area contributed by atoms with Crippen LogP contribution in [0.15, 0.2) is 48.5 Å². The Morgan fingerprint density at radius 2 is 1.25 bits per heavy atom. The summed E-state index contributed by atoms with van der Waals surface area (Å²) in [7, 11) is -3.86. The zero-order valence-electron chi connectivity index (χ0n) is 14.7. The second kappa shape index (κ2) is 9.48. The largest absolute Gasteiger partial charge is 0.793 e. The molecule has 0 spiro atoms. The third kappa shape index (κ3) is 5.68. The van der Waals surface area contributed by atoms with E-state index in [2.05, 4.69) is 20.8 Å². The number of benzene rings is 2. The SMILES string of the molecule is CC[NH+](CC)CC.Nc1cccc(P(=O)([O-])c2cccc(N)c2)c1. The molecule has 2 aromatic carbocycles. The average Bonchev–Trinajstić information content (AvgIpc) is 2.57. The minimum absolute atomic E-state index is 0.197. The van der Waals surface area contributed by atoms with Crippen LogP contribution >= 0.6 is 7.37 Å². The van der Waals surface area contributed by atoms with Crippen LogP contribution in [0.4, 0.5) is 11.4 Å². The van der Waals surface area contributed by atoms with Gasteiger partial charge in [-0.25, -0.2) is 0 Å². The van der Waals surface area contributed by atoms with E-state index in [4.69, 9.17) is 11.5 Å². The number of rotatable bonds is 5. The van der Waals surface area contributed by atoms with E-state index >= 15 is 0 Å². The van der Waals surface area contributed by atoms with Crippen LogP contribution < -0.4 is 31.9 Å². The van der Waals surface area contributed by atoms with E-state index in [1.807, 2.05) is 0 Å². The maximum Gasteiger partial charge on any atom is 0.0742 e. The van der Waals surface area contributed by atoms with Gasteiger partial charge in [0.1, 0.15) is 0 Å². The lowest BCUT2D eigenvalue weighted by Gasteiger charge is -2.24. The van der Waals surface area contributed by atoms with Gasteiger partial charge in [0.2, 0.25) is 0 Å². The number of anilines is 2. The number of hydrogen-bond donors (Lipinski definition) is 3. The highest BCUT2D eigenvalue weighted by Crippen LogP contribution is 2.34. The molecule has 0 amide bonds. The summed E-state index contributed by atoms with van der Waals surface area (Å²) in [4.78, 5) is 13.9. The van der Waals surface area contributed by atoms with Gasteiger partial charge in [-0.05, 0) is 45.0 Å². The lowest BCUT2D eigenvalue weighted by Crippen LogP contribution is -3.11. The van der Waals surface area contributed by atoms with Gasteiger partial charge < -0.3 is 25.8 Å². The fraction of sp³-hybridized carbons (Fsp3) is 0.333. The van der Waals surface area contributed by atoms with E-state index in [1.165, 1.54) is 43.9 Å². The highest BCUT2D eigenvalue weighted by Gasteiger charge is 2.14. The Labute approximate surface area is 144 Å². The van der Waals surface area contributed by atoms with Crippen LogP contribution in [-0.4, -0.2) is 19.6 Å². The Bertz CT molecular complexity index is 632. The van der Waals surface area contributed by atoms with Crippen molar-refractivity contribution in [3.05, 3.63) is 48.5 Å². The van der Waals surface area contributed by atoms with Crippen LogP contribution in [0, 0.1) is 0 Å². The zero-order valence-corrected chi connectivity index (χ0v) is 15.6. The van der Waals surface area contributed by atoms with E-state index in [1.54, 1.807) is 29.2 Å². The number of nitrogens with one attached hydrogen (secondary N) is 1. The average molecular weight is 349 g/mol. The van der Waals surface area contributed by atoms with Gasteiger partial charge in [-0.2, -0.15) is 0 Å². The molecule has 0 bridgehead atoms. The second-order valence-electron chi connectivity index (χ2n) is 5.55. The summed E-state index contributed by atoms with van der Waals surface area (Å²) < 4.78 is 12.3. The van der Waals surface area contributed by atoms with Crippen LogP contribution in [0.2, 0.25) is 0 Å². The smallest absolute Gasteiger partial charge is 0.0742 e. The molecular weight excluding hydrogens is 321 g/mol. The first-order valence-electron chi connectivity index (χ1n) is 8.21. The lowest BCUT2D eigenvalue weighted by molar-refractivity contribution is -0.894. The van der Waals surface area contributed by atoms with Crippen molar-refractivity contribution in [1.29, 1.82) is 0 Å². The summed E-state index contributed by atoms with van der Waals surface area (Å²) in [6.45, 7) is 10.5. The molecule has 0 unspecified atom stereocenters. The fourth-order valence-electron chi connectivity index (χ4n) is 2.31. The molecule has 2 rings (SSSR count).